The molecule has 2 heterocycles. The summed E-state index contributed by atoms with van der Waals surface area (Å²) in [6, 6.07) is 16.4. The predicted molar refractivity (Wildman–Crippen MR) is 190 cm³/mol. The highest BCUT2D eigenvalue weighted by molar-refractivity contribution is 7.59. The van der Waals surface area contributed by atoms with Gasteiger partial charge in [0.15, 0.2) is 0 Å². The normalized spacial score (nSPS) is 13.1. The Morgan fingerprint density at radius 2 is 1.71 bits per heavy atom. The fraction of sp³-hybridized carbons (Fsp3) is 0.314. The first-order valence-electron chi connectivity index (χ1n) is 15.5. The van der Waals surface area contributed by atoms with E-state index >= 15 is 0 Å². The Morgan fingerprint density at radius 3 is 2.37 bits per heavy atom. The van der Waals surface area contributed by atoms with Crippen molar-refractivity contribution in [2.24, 2.45) is 0 Å². The second kappa shape index (κ2) is 15.7. The van der Waals surface area contributed by atoms with Crippen molar-refractivity contribution in [1.29, 1.82) is 0 Å². The minimum atomic E-state index is -0.977. The van der Waals surface area contributed by atoms with Crippen LogP contribution in [0.15, 0.2) is 66.7 Å². The molecular formula is C35H39ClF2N6O4S. The monoisotopic (exact) mass is 712 g/mol. The molecule has 1 aliphatic heterocycles. The largest absolute Gasteiger partial charge is 0.444 e. The first-order chi connectivity index (χ1) is 22.8. The van der Waals surface area contributed by atoms with E-state index in [1.807, 2.05) is 4.57 Å². The molecule has 3 aromatic carbocycles. The number of ether oxygens (including phenoxy) is 1. The fourth-order valence-electron chi connectivity index (χ4n) is 5.27. The van der Waals surface area contributed by atoms with Gasteiger partial charge in [-0.25, -0.2) is 18.6 Å². The molecule has 1 atom stereocenters. The molecule has 5 rings (SSSR count). The molecule has 260 valence electrons. The Morgan fingerprint density at radius 1 is 1.00 bits per heavy atom. The minimum absolute atomic E-state index is 0. The number of benzene rings is 3. The van der Waals surface area contributed by atoms with E-state index < -0.39 is 29.4 Å². The van der Waals surface area contributed by atoms with Crippen LogP contribution in [-0.4, -0.2) is 50.5 Å². The summed E-state index contributed by atoms with van der Waals surface area (Å²) < 4.78 is 35.9. The van der Waals surface area contributed by atoms with E-state index in [1.165, 1.54) is 24.3 Å². The SMILES string of the molecule is CCC(=O)Nc1ccc(C[C@H](NC(=O)OC(C)(C)C)C(=O)N2CCn3c(nc(-c4cccc(F)c4)c3Nc3ccc(Cl)c(F)c3)C2)cc1.S. The molecule has 1 aromatic heterocycles. The number of nitrogens with one attached hydrogen (secondary N) is 3. The van der Waals surface area contributed by atoms with Crippen molar-refractivity contribution in [3.8, 4) is 11.3 Å². The molecule has 3 N–H and O–H groups in total. The molecule has 0 fully saturated rings. The number of amides is 3. The maximum Gasteiger partial charge on any atom is 0.408 e. The van der Waals surface area contributed by atoms with E-state index in [9.17, 15) is 23.2 Å². The number of carbonyl (C=O) groups is 3. The first-order valence-corrected chi connectivity index (χ1v) is 15.9. The number of fused-ring (bicyclic) bond motifs is 1. The summed E-state index contributed by atoms with van der Waals surface area (Å²) in [6.45, 7) is 7.63. The molecular weight excluding hydrogens is 674 g/mol. The Kier molecular flexibility index (Phi) is 11.9. The molecule has 49 heavy (non-hydrogen) atoms. The van der Waals surface area contributed by atoms with Gasteiger partial charge in [0, 0.05) is 42.9 Å². The third-order valence-corrected chi connectivity index (χ3v) is 7.86. The third kappa shape index (κ3) is 9.51. The van der Waals surface area contributed by atoms with Crippen LogP contribution >= 0.6 is 25.1 Å². The lowest BCUT2D eigenvalue weighted by Crippen LogP contribution is -2.52. The average molecular weight is 713 g/mol. The topological polar surface area (TPSA) is 118 Å². The van der Waals surface area contributed by atoms with Crippen molar-refractivity contribution in [3.05, 3.63) is 94.8 Å². The van der Waals surface area contributed by atoms with Crippen molar-refractivity contribution in [3.63, 3.8) is 0 Å². The zero-order chi connectivity index (χ0) is 34.6. The Bertz CT molecular complexity index is 1830. The van der Waals surface area contributed by atoms with E-state index in [1.54, 1.807) is 75.1 Å². The summed E-state index contributed by atoms with van der Waals surface area (Å²) >= 11 is 5.89. The predicted octanol–water partition coefficient (Wildman–Crippen LogP) is 7.16. The highest BCUT2D eigenvalue weighted by Gasteiger charge is 2.33. The molecule has 3 amide bonds. The van der Waals surface area contributed by atoms with Gasteiger partial charge in [-0.05, 0) is 68.8 Å². The highest BCUT2D eigenvalue weighted by Crippen LogP contribution is 2.34. The fourth-order valence-corrected chi connectivity index (χ4v) is 5.39. The molecule has 0 aliphatic carbocycles. The van der Waals surface area contributed by atoms with Crippen LogP contribution in [-0.2, 0) is 33.8 Å². The molecule has 14 heteroatoms. The molecule has 1 aliphatic rings. The van der Waals surface area contributed by atoms with Gasteiger partial charge in [-0.15, -0.1) is 0 Å². The number of alkyl carbamates (subject to hydrolysis) is 1. The van der Waals surface area contributed by atoms with Gasteiger partial charge in [-0.2, -0.15) is 13.5 Å². The van der Waals surface area contributed by atoms with Crippen LogP contribution in [0.4, 0.5) is 30.8 Å². The molecule has 10 nitrogen and oxygen atoms in total. The molecule has 0 radical (unpaired) electrons. The number of nitrogens with zero attached hydrogens (tertiary/aromatic N) is 3. The summed E-state index contributed by atoms with van der Waals surface area (Å²) in [5.41, 5.74) is 1.93. The van der Waals surface area contributed by atoms with Gasteiger partial charge in [-0.1, -0.05) is 42.8 Å². The second-order valence-corrected chi connectivity index (χ2v) is 12.8. The Hall–Kier alpha value is -4.62. The number of imidazole rings is 1. The number of hydrogen-bond acceptors (Lipinski definition) is 6. The summed E-state index contributed by atoms with van der Waals surface area (Å²) in [6.07, 6.45) is -0.233. The van der Waals surface area contributed by atoms with E-state index in [-0.39, 0.29) is 49.8 Å². The Labute approximate surface area is 295 Å². The molecule has 0 unspecified atom stereocenters. The quantitative estimate of drug-likeness (QED) is 0.170. The molecule has 0 saturated heterocycles. The van der Waals surface area contributed by atoms with E-state index in [0.29, 0.717) is 47.2 Å². The van der Waals surface area contributed by atoms with Crippen LogP contribution in [0, 0.1) is 11.6 Å². The minimum Gasteiger partial charge on any atom is -0.444 e. The van der Waals surface area contributed by atoms with Gasteiger partial charge in [0.2, 0.25) is 11.8 Å². The lowest BCUT2D eigenvalue weighted by molar-refractivity contribution is -0.135. The van der Waals surface area contributed by atoms with Crippen molar-refractivity contribution < 1.29 is 27.9 Å². The summed E-state index contributed by atoms with van der Waals surface area (Å²) in [5, 5.41) is 8.72. The van der Waals surface area contributed by atoms with Gasteiger partial charge in [0.25, 0.3) is 0 Å². The van der Waals surface area contributed by atoms with Crippen LogP contribution < -0.4 is 16.0 Å². The molecule has 4 aromatic rings. The van der Waals surface area contributed by atoms with Gasteiger partial charge < -0.3 is 30.2 Å². The first kappa shape index (κ1) is 37.2. The summed E-state index contributed by atoms with van der Waals surface area (Å²) in [7, 11) is 0. The zero-order valence-corrected chi connectivity index (χ0v) is 29.3. The van der Waals surface area contributed by atoms with Gasteiger partial charge in [0.05, 0.1) is 11.6 Å². The van der Waals surface area contributed by atoms with Crippen LogP contribution in [0.5, 0.6) is 0 Å². The second-order valence-electron chi connectivity index (χ2n) is 12.4. The number of hydrogen-bond donors (Lipinski definition) is 3. The van der Waals surface area contributed by atoms with E-state index in [0.717, 1.165) is 5.56 Å². The smallest absolute Gasteiger partial charge is 0.408 e. The maximum absolute atomic E-state index is 14.3. The number of halogens is 3. The van der Waals surface area contributed by atoms with Crippen molar-refractivity contribution in [1.82, 2.24) is 19.8 Å². The molecule has 0 spiro atoms. The van der Waals surface area contributed by atoms with Crippen molar-refractivity contribution in [2.75, 3.05) is 17.2 Å². The van der Waals surface area contributed by atoms with Gasteiger partial charge >= 0.3 is 6.09 Å². The number of anilines is 3. The summed E-state index contributed by atoms with van der Waals surface area (Å²) in [5.74, 6) is -0.505. The van der Waals surface area contributed by atoms with Crippen LogP contribution in [0.2, 0.25) is 5.02 Å². The summed E-state index contributed by atoms with van der Waals surface area (Å²) in [4.78, 5) is 45.1. The molecule has 0 bridgehead atoms. The number of carbonyl (C=O) groups excluding carboxylic acids is 3. The lowest BCUT2D eigenvalue weighted by atomic mass is 10.0. The lowest BCUT2D eigenvalue weighted by Gasteiger charge is -2.32. The van der Waals surface area contributed by atoms with Crippen molar-refractivity contribution >= 4 is 60.2 Å². The van der Waals surface area contributed by atoms with Crippen LogP contribution in [0.25, 0.3) is 11.3 Å². The molecule has 0 saturated carbocycles. The third-order valence-electron chi connectivity index (χ3n) is 7.55. The van der Waals surface area contributed by atoms with Gasteiger partial charge in [0.1, 0.15) is 40.6 Å². The maximum atomic E-state index is 14.3. The Balaban J connectivity index is 0.00000541. The van der Waals surface area contributed by atoms with E-state index in [4.69, 9.17) is 21.3 Å². The van der Waals surface area contributed by atoms with Crippen LogP contribution in [0.1, 0.15) is 45.5 Å². The van der Waals surface area contributed by atoms with Crippen LogP contribution in [0.3, 0.4) is 0 Å². The standard InChI is InChI=1S/C35H37ClF2N6O4.H2S/c1-5-30(45)39-24-11-9-21(10-12-24)17-28(41-34(47)48-35(2,3)4)33(46)43-15-16-44-29(20-43)42-31(22-7-6-8-23(37)18-22)32(44)40-25-13-14-26(36)27(38)19-25;/h6-14,18-19,28,40H,5,15-17,20H2,1-4H3,(H,39,45)(H,41,47);1H2/t28-;/m0./s1. The zero-order valence-electron chi connectivity index (χ0n) is 27.6. The number of aromatic nitrogens is 2. The average Bonchev–Trinajstić information content (AvgIpc) is 3.39. The number of rotatable bonds is 9. The van der Waals surface area contributed by atoms with E-state index in [2.05, 4.69) is 16.0 Å². The highest BCUT2D eigenvalue weighted by atomic mass is 35.5. The van der Waals surface area contributed by atoms with Gasteiger partial charge in [-0.3, -0.25) is 9.59 Å². The van der Waals surface area contributed by atoms with Crippen molar-refractivity contribution in [2.45, 2.75) is 65.3 Å².